The van der Waals surface area contributed by atoms with Gasteiger partial charge in [-0.05, 0) is 6.07 Å². The third-order valence-corrected chi connectivity index (χ3v) is 1.71. The van der Waals surface area contributed by atoms with Crippen molar-refractivity contribution in [1.82, 2.24) is 4.98 Å². The van der Waals surface area contributed by atoms with Crippen molar-refractivity contribution in [1.29, 1.82) is 0 Å². The molecule has 66 valence electrons. The fraction of sp³-hybridized carbons (Fsp3) is 0.286. The molecular formula is C7H10ClN3O. The van der Waals surface area contributed by atoms with Gasteiger partial charge < -0.3 is 16.6 Å². The van der Waals surface area contributed by atoms with E-state index in [0.717, 1.165) is 0 Å². The fourth-order valence-corrected chi connectivity index (χ4v) is 1.03. The highest BCUT2D eigenvalue weighted by Gasteiger charge is 2.10. The summed E-state index contributed by atoms with van der Waals surface area (Å²) in [6.45, 7) is 0.103. The Morgan fingerprint density at radius 1 is 1.67 bits per heavy atom. The van der Waals surface area contributed by atoms with Gasteiger partial charge in [-0.2, -0.15) is 0 Å². The van der Waals surface area contributed by atoms with Crippen molar-refractivity contribution in [2.45, 2.75) is 6.10 Å². The quantitative estimate of drug-likeness (QED) is 0.622. The molecule has 0 aliphatic carbocycles. The number of halogens is 1. The Hall–Kier alpha value is -0.840. The van der Waals surface area contributed by atoms with Gasteiger partial charge in [0.1, 0.15) is 5.82 Å². The van der Waals surface area contributed by atoms with Crippen LogP contribution in [0, 0.1) is 0 Å². The first-order valence-corrected chi connectivity index (χ1v) is 3.82. The molecule has 4 nitrogen and oxygen atoms in total. The minimum Gasteiger partial charge on any atom is -0.387 e. The number of hydrogen-bond donors (Lipinski definition) is 3. The summed E-state index contributed by atoms with van der Waals surface area (Å²) in [7, 11) is 0. The molecular weight excluding hydrogens is 178 g/mol. The van der Waals surface area contributed by atoms with Gasteiger partial charge in [-0.15, -0.1) is 0 Å². The number of nitrogens with two attached hydrogens (primary N) is 2. The van der Waals surface area contributed by atoms with E-state index in [4.69, 9.17) is 23.1 Å². The maximum atomic E-state index is 9.33. The summed E-state index contributed by atoms with van der Waals surface area (Å²) in [5.74, 6) is 0.261. The summed E-state index contributed by atoms with van der Waals surface area (Å²) in [4.78, 5) is 3.78. The van der Waals surface area contributed by atoms with Gasteiger partial charge in [0.25, 0.3) is 0 Å². The molecule has 0 aliphatic heterocycles. The van der Waals surface area contributed by atoms with Crippen LogP contribution in [0.2, 0.25) is 5.02 Å². The Morgan fingerprint density at radius 3 is 2.92 bits per heavy atom. The molecule has 0 bridgehead atoms. The molecule has 0 saturated carbocycles. The van der Waals surface area contributed by atoms with Gasteiger partial charge in [-0.25, -0.2) is 4.98 Å². The highest BCUT2D eigenvalue weighted by atomic mass is 35.5. The zero-order valence-corrected chi connectivity index (χ0v) is 7.12. The normalized spacial score (nSPS) is 12.9. The Kier molecular flexibility index (Phi) is 2.86. The molecule has 0 amide bonds. The number of rotatable bonds is 2. The van der Waals surface area contributed by atoms with E-state index in [0.29, 0.717) is 10.6 Å². The third kappa shape index (κ3) is 1.85. The molecule has 0 spiro atoms. The molecule has 0 fully saturated rings. The number of aromatic nitrogens is 1. The average molecular weight is 188 g/mol. The van der Waals surface area contributed by atoms with Crippen molar-refractivity contribution in [3.05, 3.63) is 22.8 Å². The topological polar surface area (TPSA) is 85.2 Å². The summed E-state index contributed by atoms with van der Waals surface area (Å²) < 4.78 is 0. The predicted molar refractivity (Wildman–Crippen MR) is 47.7 cm³/mol. The van der Waals surface area contributed by atoms with Crippen molar-refractivity contribution in [2.24, 2.45) is 5.73 Å². The molecule has 1 aromatic heterocycles. The molecule has 1 aromatic rings. The molecule has 5 heteroatoms. The summed E-state index contributed by atoms with van der Waals surface area (Å²) in [6, 6.07) is 1.56. The van der Waals surface area contributed by atoms with Gasteiger partial charge in [-0.1, -0.05) is 11.6 Å². The second-order valence-electron chi connectivity index (χ2n) is 2.38. The number of nitrogen functional groups attached to an aromatic ring is 1. The lowest BCUT2D eigenvalue weighted by atomic mass is 10.1. The van der Waals surface area contributed by atoms with Crippen LogP contribution in [0.5, 0.6) is 0 Å². The molecule has 0 aliphatic rings. The van der Waals surface area contributed by atoms with Crippen LogP contribution in [-0.4, -0.2) is 16.6 Å². The van der Waals surface area contributed by atoms with E-state index in [2.05, 4.69) is 4.98 Å². The van der Waals surface area contributed by atoms with Crippen LogP contribution in [0.3, 0.4) is 0 Å². The van der Waals surface area contributed by atoms with Gasteiger partial charge >= 0.3 is 0 Å². The standard InChI is InChI=1S/C7H10ClN3O/c8-4-1-5(6(12)2-9)7(10)11-3-4/h1,3,6,12H,2,9H2,(H2,10,11). The monoisotopic (exact) mass is 187 g/mol. The maximum absolute atomic E-state index is 9.33. The number of aliphatic hydroxyl groups excluding tert-OH is 1. The molecule has 1 rings (SSSR count). The van der Waals surface area contributed by atoms with Gasteiger partial charge in [0.2, 0.25) is 0 Å². The van der Waals surface area contributed by atoms with Crippen LogP contribution in [0.1, 0.15) is 11.7 Å². The number of aliphatic hydroxyl groups is 1. The lowest BCUT2D eigenvalue weighted by molar-refractivity contribution is 0.187. The van der Waals surface area contributed by atoms with Crippen LogP contribution < -0.4 is 11.5 Å². The maximum Gasteiger partial charge on any atom is 0.129 e. The number of nitrogens with zero attached hydrogens (tertiary/aromatic N) is 1. The number of hydrogen-bond acceptors (Lipinski definition) is 4. The summed E-state index contributed by atoms with van der Waals surface area (Å²) in [6.07, 6.45) is 0.625. The molecule has 0 aromatic carbocycles. The average Bonchev–Trinajstić information content (AvgIpc) is 2.08. The zero-order chi connectivity index (χ0) is 9.14. The Labute approximate surface area is 75.2 Å². The van der Waals surface area contributed by atoms with E-state index in [1.807, 2.05) is 0 Å². The summed E-state index contributed by atoms with van der Waals surface area (Å²) in [5, 5.41) is 9.77. The van der Waals surface area contributed by atoms with Crippen LogP contribution in [0.4, 0.5) is 5.82 Å². The zero-order valence-electron chi connectivity index (χ0n) is 6.37. The Bertz CT molecular complexity index is 279. The van der Waals surface area contributed by atoms with Crippen molar-refractivity contribution in [3.8, 4) is 0 Å². The predicted octanol–water partition coefficient (Wildman–Crippen LogP) is 0.309. The first-order valence-electron chi connectivity index (χ1n) is 3.44. The van der Waals surface area contributed by atoms with E-state index < -0.39 is 6.10 Å². The van der Waals surface area contributed by atoms with Crippen molar-refractivity contribution in [3.63, 3.8) is 0 Å². The van der Waals surface area contributed by atoms with Crippen molar-refractivity contribution >= 4 is 17.4 Å². The second-order valence-corrected chi connectivity index (χ2v) is 2.82. The first-order chi connectivity index (χ1) is 5.65. The van der Waals surface area contributed by atoms with Gasteiger partial charge in [0.05, 0.1) is 11.1 Å². The van der Waals surface area contributed by atoms with Gasteiger partial charge in [0.15, 0.2) is 0 Å². The van der Waals surface area contributed by atoms with Gasteiger partial charge in [-0.3, -0.25) is 0 Å². The van der Waals surface area contributed by atoms with E-state index in [1.165, 1.54) is 6.20 Å². The largest absolute Gasteiger partial charge is 0.387 e. The minimum atomic E-state index is -0.795. The highest BCUT2D eigenvalue weighted by molar-refractivity contribution is 6.30. The van der Waals surface area contributed by atoms with E-state index in [-0.39, 0.29) is 12.4 Å². The molecule has 0 saturated heterocycles. The van der Waals surface area contributed by atoms with Crippen molar-refractivity contribution in [2.75, 3.05) is 12.3 Å². The van der Waals surface area contributed by atoms with E-state index in [9.17, 15) is 5.11 Å². The van der Waals surface area contributed by atoms with Crippen molar-refractivity contribution < 1.29 is 5.11 Å². The second kappa shape index (κ2) is 3.71. The van der Waals surface area contributed by atoms with Crippen LogP contribution in [0.15, 0.2) is 12.3 Å². The fourth-order valence-electron chi connectivity index (χ4n) is 0.859. The molecule has 12 heavy (non-hydrogen) atoms. The molecule has 5 N–H and O–H groups in total. The SMILES string of the molecule is NCC(O)c1cc(Cl)cnc1N. The Morgan fingerprint density at radius 2 is 2.33 bits per heavy atom. The summed E-state index contributed by atoms with van der Waals surface area (Å²) in [5.41, 5.74) is 11.2. The first kappa shape index (κ1) is 9.25. The molecule has 1 unspecified atom stereocenters. The van der Waals surface area contributed by atoms with Gasteiger partial charge in [0, 0.05) is 18.3 Å². The Balaban J connectivity index is 3.04. The van der Waals surface area contributed by atoms with E-state index >= 15 is 0 Å². The molecule has 1 atom stereocenters. The van der Waals surface area contributed by atoms with E-state index in [1.54, 1.807) is 6.07 Å². The smallest absolute Gasteiger partial charge is 0.129 e. The minimum absolute atomic E-state index is 0.103. The van der Waals surface area contributed by atoms with Crippen LogP contribution in [-0.2, 0) is 0 Å². The van der Waals surface area contributed by atoms with Crippen LogP contribution in [0.25, 0.3) is 0 Å². The van der Waals surface area contributed by atoms with Crippen LogP contribution >= 0.6 is 11.6 Å². The number of anilines is 1. The highest BCUT2D eigenvalue weighted by Crippen LogP contribution is 2.20. The lowest BCUT2D eigenvalue weighted by Gasteiger charge is -2.09. The molecule has 1 heterocycles. The lowest BCUT2D eigenvalue weighted by Crippen LogP contribution is -2.13. The number of pyridine rings is 1. The third-order valence-electron chi connectivity index (χ3n) is 1.50. The summed E-state index contributed by atoms with van der Waals surface area (Å²) >= 11 is 5.65. The molecule has 0 radical (unpaired) electrons.